The SMILES string of the molecule is C/C=C\N(CC)C(C)(C)C. The zero-order valence-corrected chi connectivity index (χ0v) is 7.81. The molecule has 0 aromatic carbocycles. The van der Waals surface area contributed by atoms with Gasteiger partial charge in [-0.3, -0.25) is 0 Å². The zero-order valence-electron chi connectivity index (χ0n) is 7.81. The summed E-state index contributed by atoms with van der Waals surface area (Å²) in [6, 6.07) is 0. The first-order chi connectivity index (χ1) is 4.52. The van der Waals surface area contributed by atoms with Crippen LogP contribution >= 0.6 is 0 Å². The zero-order chi connectivity index (χ0) is 8.20. The van der Waals surface area contributed by atoms with Crippen LogP contribution in [-0.2, 0) is 0 Å². The van der Waals surface area contributed by atoms with Gasteiger partial charge in [0, 0.05) is 12.1 Å². The van der Waals surface area contributed by atoms with E-state index in [1.165, 1.54) is 0 Å². The standard InChI is InChI=1S/C9H19N/c1-6-8-10(7-2)9(3,4)5/h6,8H,7H2,1-5H3/b8-6-. The van der Waals surface area contributed by atoms with Crippen LogP contribution in [0.15, 0.2) is 12.3 Å². The highest BCUT2D eigenvalue weighted by atomic mass is 15.2. The summed E-state index contributed by atoms with van der Waals surface area (Å²) in [7, 11) is 0. The van der Waals surface area contributed by atoms with Gasteiger partial charge in [0.05, 0.1) is 0 Å². The fraction of sp³-hybridized carbons (Fsp3) is 0.778. The minimum Gasteiger partial charge on any atom is -0.373 e. The van der Waals surface area contributed by atoms with E-state index >= 15 is 0 Å². The first kappa shape index (κ1) is 9.54. The van der Waals surface area contributed by atoms with E-state index in [9.17, 15) is 0 Å². The monoisotopic (exact) mass is 141 g/mol. The fourth-order valence-electron chi connectivity index (χ4n) is 0.983. The van der Waals surface area contributed by atoms with Crippen LogP contribution in [0.5, 0.6) is 0 Å². The van der Waals surface area contributed by atoms with Crippen LogP contribution in [0.4, 0.5) is 0 Å². The van der Waals surface area contributed by atoms with E-state index in [2.05, 4.69) is 51.8 Å². The van der Waals surface area contributed by atoms with Crippen molar-refractivity contribution in [2.24, 2.45) is 0 Å². The van der Waals surface area contributed by atoms with Crippen molar-refractivity contribution in [3.8, 4) is 0 Å². The molecule has 0 saturated heterocycles. The van der Waals surface area contributed by atoms with Crippen LogP contribution in [0.25, 0.3) is 0 Å². The van der Waals surface area contributed by atoms with Gasteiger partial charge in [0.2, 0.25) is 0 Å². The summed E-state index contributed by atoms with van der Waals surface area (Å²) in [5.41, 5.74) is 0.265. The minimum absolute atomic E-state index is 0.265. The summed E-state index contributed by atoms with van der Waals surface area (Å²) < 4.78 is 0. The van der Waals surface area contributed by atoms with Crippen molar-refractivity contribution in [1.82, 2.24) is 4.90 Å². The van der Waals surface area contributed by atoms with Crippen LogP contribution in [-0.4, -0.2) is 17.0 Å². The maximum atomic E-state index is 2.31. The van der Waals surface area contributed by atoms with Gasteiger partial charge in [-0.25, -0.2) is 0 Å². The van der Waals surface area contributed by atoms with Gasteiger partial charge in [0.25, 0.3) is 0 Å². The van der Waals surface area contributed by atoms with Crippen LogP contribution in [0.3, 0.4) is 0 Å². The second kappa shape index (κ2) is 3.65. The van der Waals surface area contributed by atoms with Crippen LogP contribution < -0.4 is 0 Å². The minimum atomic E-state index is 0.265. The second-order valence-corrected chi connectivity index (χ2v) is 3.44. The first-order valence-electron chi connectivity index (χ1n) is 3.92. The van der Waals surface area contributed by atoms with Gasteiger partial charge in [0.15, 0.2) is 0 Å². The Bertz CT molecular complexity index is 108. The Kier molecular flexibility index (Phi) is 3.48. The lowest BCUT2D eigenvalue weighted by atomic mass is 10.1. The molecule has 0 saturated carbocycles. The average molecular weight is 141 g/mol. The first-order valence-corrected chi connectivity index (χ1v) is 3.92. The molecule has 10 heavy (non-hydrogen) atoms. The summed E-state index contributed by atoms with van der Waals surface area (Å²) >= 11 is 0. The molecule has 0 amide bonds. The van der Waals surface area contributed by atoms with E-state index in [0.717, 1.165) is 6.54 Å². The molecule has 0 N–H and O–H groups in total. The molecule has 0 rings (SSSR count). The van der Waals surface area contributed by atoms with E-state index in [0.29, 0.717) is 0 Å². The Hall–Kier alpha value is -0.460. The predicted molar refractivity (Wildman–Crippen MR) is 46.9 cm³/mol. The summed E-state index contributed by atoms with van der Waals surface area (Å²) in [6.45, 7) is 12.0. The molecule has 0 spiro atoms. The third-order valence-electron chi connectivity index (χ3n) is 1.53. The summed E-state index contributed by atoms with van der Waals surface area (Å²) in [5.74, 6) is 0. The molecule has 0 aromatic heterocycles. The van der Waals surface area contributed by atoms with Crippen LogP contribution in [0, 0.1) is 0 Å². The highest BCUT2D eigenvalue weighted by Gasteiger charge is 2.14. The molecular weight excluding hydrogens is 122 g/mol. The van der Waals surface area contributed by atoms with Gasteiger partial charge in [-0.2, -0.15) is 0 Å². The van der Waals surface area contributed by atoms with Crippen molar-refractivity contribution in [3.63, 3.8) is 0 Å². The lowest BCUT2D eigenvalue weighted by Gasteiger charge is -2.33. The van der Waals surface area contributed by atoms with E-state index in [1.807, 2.05) is 0 Å². The molecule has 0 unspecified atom stereocenters. The summed E-state index contributed by atoms with van der Waals surface area (Å²) in [5, 5.41) is 0. The predicted octanol–water partition coefficient (Wildman–Crippen LogP) is 2.64. The van der Waals surface area contributed by atoms with Crippen molar-refractivity contribution in [2.75, 3.05) is 6.54 Å². The van der Waals surface area contributed by atoms with Gasteiger partial charge < -0.3 is 4.90 Å². The maximum Gasteiger partial charge on any atom is 0.0312 e. The molecule has 0 aliphatic rings. The van der Waals surface area contributed by atoms with Gasteiger partial charge in [-0.05, 0) is 40.8 Å². The van der Waals surface area contributed by atoms with Gasteiger partial charge in [-0.1, -0.05) is 6.08 Å². The van der Waals surface area contributed by atoms with Gasteiger partial charge >= 0.3 is 0 Å². The second-order valence-electron chi connectivity index (χ2n) is 3.44. The molecule has 0 heterocycles. The molecule has 0 radical (unpaired) electrons. The van der Waals surface area contributed by atoms with E-state index in [4.69, 9.17) is 0 Å². The van der Waals surface area contributed by atoms with Crippen molar-refractivity contribution in [2.45, 2.75) is 40.2 Å². The van der Waals surface area contributed by atoms with Crippen molar-refractivity contribution >= 4 is 0 Å². The number of nitrogens with zero attached hydrogens (tertiary/aromatic N) is 1. The Labute approximate surface area is 64.7 Å². The Morgan fingerprint density at radius 1 is 1.30 bits per heavy atom. The molecule has 0 fully saturated rings. The molecule has 0 aromatic rings. The Balaban J connectivity index is 4.07. The molecule has 0 bridgehead atoms. The number of rotatable bonds is 2. The van der Waals surface area contributed by atoms with Crippen LogP contribution in [0.2, 0.25) is 0 Å². The average Bonchev–Trinajstić information content (AvgIpc) is 1.80. The lowest BCUT2D eigenvalue weighted by Crippen LogP contribution is -2.36. The smallest absolute Gasteiger partial charge is 0.0312 e. The number of hydrogen-bond donors (Lipinski definition) is 0. The molecule has 0 aliphatic carbocycles. The fourth-order valence-corrected chi connectivity index (χ4v) is 0.983. The molecule has 0 aliphatic heterocycles. The van der Waals surface area contributed by atoms with Crippen LogP contribution in [0.1, 0.15) is 34.6 Å². The topological polar surface area (TPSA) is 3.24 Å². The third-order valence-corrected chi connectivity index (χ3v) is 1.53. The van der Waals surface area contributed by atoms with Crippen molar-refractivity contribution in [1.29, 1.82) is 0 Å². The quantitative estimate of drug-likeness (QED) is 0.571. The molecule has 1 nitrogen and oxygen atoms in total. The molecule has 0 atom stereocenters. The lowest BCUT2D eigenvalue weighted by molar-refractivity contribution is 0.215. The molecule has 60 valence electrons. The third kappa shape index (κ3) is 2.90. The van der Waals surface area contributed by atoms with E-state index in [1.54, 1.807) is 0 Å². The summed E-state index contributed by atoms with van der Waals surface area (Å²) in [6.07, 6.45) is 4.22. The highest BCUT2D eigenvalue weighted by Crippen LogP contribution is 2.12. The van der Waals surface area contributed by atoms with E-state index < -0.39 is 0 Å². The Morgan fingerprint density at radius 2 is 1.80 bits per heavy atom. The number of allylic oxidation sites excluding steroid dienone is 1. The van der Waals surface area contributed by atoms with Crippen molar-refractivity contribution in [3.05, 3.63) is 12.3 Å². The molecular formula is C9H19N. The largest absolute Gasteiger partial charge is 0.373 e. The van der Waals surface area contributed by atoms with Gasteiger partial charge in [0.1, 0.15) is 0 Å². The maximum absolute atomic E-state index is 2.31. The van der Waals surface area contributed by atoms with Crippen molar-refractivity contribution < 1.29 is 0 Å². The number of hydrogen-bond acceptors (Lipinski definition) is 1. The highest BCUT2D eigenvalue weighted by molar-refractivity contribution is 4.86. The normalized spacial score (nSPS) is 12.5. The van der Waals surface area contributed by atoms with Gasteiger partial charge in [-0.15, -0.1) is 0 Å². The summed E-state index contributed by atoms with van der Waals surface area (Å²) in [4.78, 5) is 2.31. The van der Waals surface area contributed by atoms with E-state index in [-0.39, 0.29) is 5.54 Å². The molecule has 1 heteroatoms. The Morgan fingerprint density at radius 3 is 1.90 bits per heavy atom.